The van der Waals surface area contributed by atoms with Crippen molar-refractivity contribution in [1.29, 1.82) is 0 Å². The molecule has 2 nitrogen and oxygen atoms in total. The van der Waals surface area contributed by atoms with Crippen molar-refractivity contribution in [3.8, 4) is 0 Å². The third-order valence-corrected chi connectivity index (χ3v) is 4.66. The summed E-state index contributed by atoms with van der Waals surface area (Å²) in [6.07, 6.45) is -6.51. The molecule has 0 aliphatic carbocycles. The maximum absolute atomic E-state index is 14.1. The fourth-order valence-corrected chi connectivity index (χ4v) is 2.45. The first-order chi connectivity index (χ1) is 12.3. The van der Waals surface area contributed by atoms with E-state index in [4.69, 9.17) is 0 Å². The van der Waals surface area contributed by atoms with E-state index < -0.39 is 66.9 Å². The lowest BCUT2D eigenvalue weighted by atomic mass is 9.85. The molecule has 2 atom stereocenters. The number of nitrogens with zero attached hydrogens (tertiary/aromatic N) is 1. The molecule has 0 aromatic heterocycles. The molecule has 2 unspecified atom stereocenters. The van der Waals surface area contributed by atoms with Gasteiger partial charge in [-0.2, -0.15) is 43.9 Å². The summed E-state index contributed by atoms with van der Waals surface area (Å²) in [6, 6.07) is -2.99. The molecule has 0 bridgehead atoms. The quantitative estimate of drug-likeness (QED) is 0.482. The first kappa shape index (κ1) is 24.7. The molecule has 1 fully saturated rings. The van der Waals surface area contributed by atoms with E-state index in [1.54, 1.807) is 0 Å². The first-order valence-electron chi connectivity index (χ1n) is 7.80. The van der Waals surface area contributed by atoms with Crippen LogP contribution in [0.25, 0.3) is 0 Å². The molecule has 1 rings (SSSR count). The van der Waals surface area contributed by atoms with Crippen LogP contribution in [0, 0.1) is 5.92 Å². The van der Waals surface area contributed by atoms with Crippen LogP contribution in [0.4, 0.5) is 52.7 Å². The van der Waals surface area contributed by atoms with Crippen LogP contribution in [-0.2, 0) is 4.79 Å². The van der Waals surface area contributed by atoms with Gasteiger partial charge in [0.25, 0.3) is 0 Å². The Labute approximate surface area is 150 Å². The predicted octanol–water partition coefficient (Wildman–Crippen LogP) is 5.08. The topological polar surface area (TPSA) is 20.3 Å². The number of hydrogen-bond donors (Lipinski definition) is 0. The average molecular weight is 441 g/mol. The highest BCUT2D eigenvalue weighted by Crippen LogP contribution is 2.59. The van der Waals surface area contributed by atoms with Gasteiger partial charge in [-0.05, 0) is 12.8 Å². The second kappa shape index (κ2) is 7.15. The van der Waals surface area contributed by atoms with Crippen molar-refractivity contribution in [2.24, 2.45) is 5.92 Å². The standard InChI is InChI=1S/C14H15F12NO/c1-3-6(2)8(28)27-5-4-7(27)10(17,18)12(21,22)14(25,26)13(23,24)11(19,20)9(15)16/h6-7,9H,3-5H2,1-2H3. The Bertz CT molecular complexity index is 591. The zero-order valence-electron chi connectivity index (χ0n) is 14.2. The first-order valence-corrected chi connectivity index (χ1v) is 7.80. The zero-order chi connectivity index (χ0) is 22.5. The van der Waals surface area contributed by atoms with Crippen molar-refractivity contribution in [3.63, 3.8) is 0 Å². The predicted molar refractivity (Wildman–Crippen MR) is 70.3 cm³/mol. The van der Waals surface area contributed by atoms with Gasteiger partial charge < -0.3 is 4.90 Å². The van der Waals surface area contributed by atoms with Gasteiger partial charge >= 0.3 is 36.0 Å². The minimum atomic E-state index is -7.57. The number of hydrogen-bond acceptors (Lipinski definition) is 1. The van der Waals surface area contributed by atoms with E-state index in [1.165, 1.54) is 13.8 Å². The van der Waals surface area contributed by atoms with Gasteiger partial charge in [-0.1, -0.05) is 13.8 Å². The Balaban J connectivity index is 3.33. The summed E-state index contributed by atoms with van der Waals surface area (Å²) in [5, 5.41) is 0. The monoisotopic (exact) mass is 441 g/mol. The highest BCUT2D eigenvalue weighted by molar-refractivity contribution is 5.79. The van der Waals surface area contributed by atoms with Crippen molar-refractivity contribution in [2.45, 2.75) is 68.8 Å². The van der Waals surface area contributed by atoms with Crippen LogP contribution in [0.5, 0.6) is 0 Å². The second-order valence-corrected chi connectivity index (χ2v) is 6.42. The molecule has 0 spiro atoms. The summed E-state index contributed by atoms with van der Waals surface area (Å²) in [4.78, 5) is 11.9. The van der Waals surface area contributed by atoms with Crippen LogP contribution < -0.4 is 0 Å². The van der Waals surface area contributed by atoms with Gasteiger partial charge in [-0.3, -0.25) is 4.79 Å². The van der Waals surface area contributed by atoms with Crippen molar-refractivity contribution in [2.75, 3.05) is 6.54 Å². The lowest BCUT2D eigenvalue weighted by Gasteiger charge is -2.49. The minimum Gasteiger partial charge on any atom is -0.333 e. The zero-order valence-corrected chi connectivity index (χ0v) is 14.2. The Kier molecular flexibility index (Phi) is 6.30. The molecule has 0 N–H and O–H groups in total. The van der Waals surface area contributed by atoms with Gasteiger partial charge in [-0.25, -0.2) is 8.78 Å². The highest BCUT2D eigenvalue weighted by Gasteiger charge is 2.89. The fraction of sp³-hybridized carbons (Fsp3) is 0.929. The molecule has 1 heterocycles. The van der Waals surface area contributed by atoms with Gasteiger partial charge in [0.1, 0.15) is 6.04 Å². The normalized spacial score (nSPS) is 21.0. The summed E-state index contributed by atoms with van der Waals surface area (Å²) in [7, 11) is 0. The smallest absolute Gasteiger partial charge is 0.333 e. The summed E-state index contributed by atoms with van der Waals surface area (Å²) in [5.41, 5.74) is 0. The van der Waals surface area contributed by atoms with Gasteiger partial charge in [0.15, 0.2) is 0 Å². The number of halogens is 12. The Morgan fingerprint density at radius 3 is 1.71 bits per heavy atom. The van der Waals surface area contributed by atoms with E-state index in [1.807, 2.05) is 0 Å². The van der Waals surface area contributed by atoms with Crippen LogP contribution >= 0.6 is 0 Å². The summed E-state index contributed by atoms with van der Waals surface area (Å²) in [6.45, 7) is 2.01. The van der Waals surface area contributed by atoms with E-state index in [0.29, 0.717) is 0 Å². The third kappa shape index (κ3) is 3.19. The van der Waals surface area contributed by atoms with E-state index >= 15 is 0 Å². The maximum Gasteiger partial charge on any atom is 0.384 e. The summed E-state index contributed by atoms with van der Waals surface area (Å²) in [5.74, 6) is -37.6. The van der Waals surface area contributed by atoms with E-state index in [0.717, 1.165) is 0 Å². The molecule has 0 radical (unpaired) electrons. The van der Waals surface area contributed by atoms with E-state index in [-0.39, 0.29) is 11.3 Å². The van der Waals surface area contributed by atoms with Crippen LogP contribution in [0.2, 0.25) is 0 Å². The molecule has 1 saturated heterocycles. The average Bonchev–Trinajstić information content (AvgIpc) is 2.51. The molecule has 28 heavy (non-hydrogen) atoms. The second-order valence-electron chi connectivity index (χ2n) is 6.42. The van der Waals surface area contributed by atoms with Crippen LogP contribution in [0.3, 0.4) is 0 Å². The highest BCUT2D eigenvalue weighted by atomic mass is 19.4. The molecule has 0 saturated carbocycles. The summed E-state index contributed by atoms with van der Waals surface area (Å²) >= 11 is 0. The van der Waals surface area contributed by atoms with Gasteiger partial charge in [-0.15, -0.1) is 0 Å². The van der Waals surface area contributed by atoms with Gasteiger partial charge in [0.2, 0.25) is 5.91 Å². The van der Waals surface area contributed by atoms with Crippen LogP contribution in [0.15, 0.2) is 0 Å². The molecule has 0 aromatic carbocycles. The number of carbonyl (C=O) groups is 1. The molecule has 1 aliphatic rings. The minimum absolute atomic E-state index is 0.0405. The number of amides is 1. The van der Waals surface area contributed by atoms with E-state index in [2.05, 4.69) is 0 Å². The van der Waals surface area contributed by atoms with Gasteiger partial charge in [0.05, 0.1) is 0 Å². The fourth-order valence-electron chi connectivity index (χ4n) is 2.45. The molecular weight excluding hydrogens is 426 g/mol. The van der Waals surface area contributed by atoms with Crippen molar-refractivity contribution in [1.82, 2.24) is 4.90 Å². The van der Waals surface area contributed by atoms with Crippen LogP contribution in [-0.4, -0.2) is 59.4 Å². The summed E-state index contributed by atoms with van der Waals surface area (Å²) < 4.78 is 159. The maximum atomic E-state index is 14.1. The van der Waals surface area contributed by atoms with E-state index in [9.17, 15) is 57.5 Å². The van der Waals surface area contributed by atoms with Crippen molar-refractivity contribution in [3.05, 3.63) is 0 Å². The molecule has 14 heteroatoms. The number of carbonyl (C=O) groups excluding carboxylic acids is 1. The van der Waals surface area contributed by atoms with Gasteiger partial charge in [0, 0.05) is 12.5 Å². The number of alkyl halides is 12. The lowest BCUT2D eigenvalue weighted by Crippen LogP contribution is -2.74. The van der Waals surface area contributed by atoms with Crippen molar-refractivity contribution >= 4 is 5.91 Å². The SMILES string of the molecule is CCC(C)C(=O)N1CCC1C(F)(F)C(F)(F)C(F)(F)C(F)(F)C(F)(F)C(F)F. The Morgan fingerprint density at radius 2 is 1.39 bits per heavy atom. The molecule has 1 amide bonds. The molecule has 166 valence electrons. The van der Waals surface area contributed by atoms with Crippen LogP contribution in [0.1, 0.15) is 26.7 Å². The lowest BCUT2D eigenvalue weighted by molar-refractivity contribution is -0.419. The Hall–Kier alpha value is -1.37. The molecule has 1 aliphatic heterocycles. The van der Waals surface area contributed by atoms with Crippen molar-refractivity contribution < 1.29 is 57.5 Å². The Morgan fingerprint density at radius 1 is 0.929 bits per heavy atom. The molecule has 0 aromatic rings. The largest absolute Gasteiger partial charge is 0.384 e. The third-order valence-electron chi connectivity index (χ3n) is 4.66. The number of likely N-dealkylation sites (tertiary alicyclic amines) is 1. The number of rotatable bonds is 8. The molecular formula is C14H15F12NO.